The number of rotatable bonds is 6. The lowest BCUT2D eigenvalue weighted by Gasteiger charge is -2.20. The average Bonchev–Trinajstić information content (AvgIpc) is 2.92. The van der Waals surface area contributed by atoms with Gasteiger partial charge in [-0.1, -0.05) is 0 Å². The first-order valence-electron chi connectivity index (χ1n) is 5.36. The molecule has 1 saturated carbocycles. The van der Waals surface area contributed by atoms with Gasteiger partial charge in [-0.15, -0.1) is 0 Å². The Bertz CT molecular complexity index is 491. The van der Waals surface area contributed by atoms with Gasteiger partial charge in [-0.05, 0) is 18.9 Å². The molecule has 1 heterocycles. The van der Waals surface area contributed by atoms with Crippen molar-refractivity contribution in [3.8, 4) is 0 Å². The van der Waals surface area contributed by atoms with Crippen LogP contribution >= 0.6 is 0 Å². The summed E-state index contributed by atoms with van der Waals surface area (Å²) in [6.07, 6.45) is 3.39. The molecule has 7 nitrogen and oxygen atoms in total. The van der Waals surface area contributed by atoms with Crippen LogP contribution in [0, 0.1) is 5.41 Å². The van der Waals surface area contributed by atoms with Gasteiger partial charge in [0.15, 0.2) is 5.03 Å². The first-order chi connectivity index (χ1) is 8.01. The summed E-state index contributed by atoms with van der Waals surface area (Å²) in [5.41, 5.74) is 5.26. The zero-order valence-corrected chi connectivity index (χ0v) is 10.1. The van der Waals surface area contributed by atoms with Crippen LogP contribution in [0.3, 0.4) is 0 Å². The lowest BCUT2D eigenvalue weighted by atomic mass is 10.4. The molecule has 0 bridgehead atoms. The highest BCUT2D eigenvalue weighted by molar-refractivity contribution is 7.89. The third kappa shape index (κ3) is 2.64. The molecule has 0 aromatic carbocycles. The molecule has 0 amide bonds. The number of sulfonamides is 1. The van der Waals surface area contributed by atoms with E-state index in [1.165, 1.54) is 16.6 Å². The van der Waals surface area contributed by atoms with Gasteiger partial charge in [0.05, 0.1) is 12.0 Å². The molecule has 0 radical (unpaired) electrons. The molecule has 1 fully saturated rings. The minimum absolute atomic E-state index is 0.00420. The Labute approximate surface area is 99.6 Å². The van der Waals surface area contributed by atoms with Crippen molar-refractivity contribution in [1.82, 2.24) is 14.5 Å². The number of nitrogens with one attached hydrogen (secondary N) is 2. The summed E-state index contributed by atoms with van der Waals surface area (Å²) in [6.45, 7) is 0.251. The molecule has 4 N–H and O–H groups in total. The second-order valence-electron chi connectivity index (χ2n) is 4.04. The van der Waals surface area contributed by atoms with Crippen molar-refractivity contribution in [2.24, 2.45) is 5.73 Å². The minimum atomic E-state index is -3.53. The average molecular weight is 257 g/mol. The van der Waals surface area contributed by atoms with Crippen molar-refractivity contribution < 1.29 is 8.42 Å². The third-order valence-electron chi connectivity index (χ3n) is 2.62. The Hall–Kier alpha value is -1.41. The van der Waals surface area contributed by atoms with E-state index in [9.17, 15) is 8.42 Å². The number of amidine groups is 1. The van der Waals surface area contributed by atoms with Gasteiger partial charge in [0.2, 0.25) is 0 Å². The molecular weight excluding hydrogens is 242 g/mol. The van der Waals surface area contributed by atoms with E-state index in [4.69, 9.17) is 11.1 Å². The fourth-order valence-corrected chi connectivity index (χ4v) is 3.19. The summed E-state index contributed by atoms with van der Waals surface area (Å²) in [4.78, 5) is 0. The predicted octanol–water partition coefficient (Wildman–Crippen LogP) is -0.111. The smallest absolute Gasteiger partial charge is 0.260 e. The van der Waals surface area contributed by atoms with Gasteiger partial charge in [-0.2, -0.15) is 9.40 Å². The van der Waals surface area contributed by atoms with E-state index >= 15 is 0 Å². The summed E-state index contributed by atoms with van der Waals surface area (Å²) in [6, 6.07) is 1.47. The summed E-state index contributed by atoms with van der Waals surface area (Å²) in [7, 11) is -3.53. The van der Waals surface area contributed by atoms with Crippen LogP contribution in [-0.4, -0.2) is 41.3 Å². The standard InChI is InChI=1S/C9H15N5O2S/c10-8(11)4-6-14(7-1-2-7)17(15,16)9-3-5-12-13-9/h3,5,7H,1-2,4,6H2,(H3,10,11)(H,12,13). The number of hydrogen-bond acceptors (Lipinski definition) is 4. The molecule has 1 aromatic rings. The van der Waals surface area contributed by atoms with Crippen LogP contribution in [-0.2, 0) is 10.0 Å². The van der Waals surface area contributed by atoms with Crippen molar-refractivity contribution in [3.63, 3.8) is 0 Å². The van der Waals surface area contributed by atoms with Crippen LogP contribution in [0.25, 0.3) is 0 Å². The van der Waals surface area contributed by atoms with Crippen LogP contribution in [0.5, 0.6) is 0 Å². The van der Waals surface area contributed by atoms with E-state index in [2.05, 4.69) is 10.2 Å². The number of H-pyrrole nitrogens is 1. The van der Waals surface area contributed by atoms with Crippen molar-refractivity contribution in [2.75, 3.05) is 6.54 Å². The van der Waals surface area contributed by atoms with E-state index in [0.717, 1.165) is 12.8 Å². The fraction of sp³-hybridized carbons (Fsp3) is 0.556. The van der Waals surface area contributed by atoms with Gasteiger partial charge < -0.3 is 5.73 Å². The molecule has 0 saturated heterocycles. The van der Waals surface area contributed by atoms with Crippen molar-refractivity contribution in [1.29, 1.82) is 5.41 Å². The van der Waals surface area contributed by atoms with Crippen LogP contribution in [0.15, 0.2) is 17.3 Å². The van der Waals surface area contributed by atoms with Crippen molar-refractivity contribution in [3.05, 3.63) is 12.3 Å². The molecule has 0 atom stereocenters. The second-order valence-corrected chi connectivity index (χ2v) is 5.90. The Morgan fingerprint density at radius 3 is 2.82 bits per heavy atom. The van der Waals surface area contributed by atoms with Gasteiger partial charge >= 0.3 is 0 Å². The lowest BCUT2D eigenvalue weighted by molar-refractivity contribution is 0.410. The molecule has 1 aliphatic rings. The maximum Gasteiger partial charge on any atom is 0.260 e. The zero-order chi connectivity index (χ0) is 12.5. The second kappa shape index (κ2) is 4.46. The van der Waals surface area contributed by atoms with Crippen LogP contribution in [0.1, 0.15) is 19.3 Å². The number of nitrogens with zero attached hydrogens (tertiary/aromatic N) is 2. The Kier molecular flexibility index (Phi) is 3.16. The maximum atomic E-state index is 12.2. The molecular formula is C9H15N5O2S. The van der Waals surface area contributed by atoms with Crippen LogP contribution in [0.4, 0.5) is 0 Å². The first-order valence-corrected chi connectivity index (χ1v) is 6.80. The van der Waals surface area contributed by atoms with Gasteiger partial charge in [0.25, 0.3) is 10.0 Å². The summed E-state index contributed by atoms with van der Waals surface area (Å²) in [5, 5.41) is 13.4. The van der Waals surface area contributed by atoms with Crippen LogP contribution < -0.4 is 5.73 Å². The Balaban J connectivity index is 2.18. The van der Waals surface area contributed by atoms with Gasteiger partial charge in [0.1, 0.15) is 0 Å². The summed E-state index contributed by atoms with van der Waals surface area (Å²) in [5.74, 6) is -0.00420. The Morgan fingerprint density at radius 1 is 1.65 bits per heavy atom. The van der Waals surface area contributed by atoms with E-state index in [1.807, 2.05) is 0 Å². The highest BCUT2D eigenvalue weighted by Gasteiger charge is 2.38. The largest absolute Gasteiger partial charge is 0.388 e. The maximum absolute atomic E-state index is 12.2. The SMILES string of the molecule is N=C(N)CCN(C1CC1)S(=O)(=O)c1ccn[nH]1. The first kappa shape index (κ1) is 12.1. The van der Waals surface area contributed by atoms with E-state index in [0.29, 0.717) is 0 Å². The number of hydrogen-bond donors (Lipinski definition) is 3. The van der Waals surface area contributed by atoms with Crippen LogP contribution in [0.2, 0.25) is 0 Å². The molecule has 1 aliphatic carbocycles. The molecule has 17 heavy (non-hydrogen) atoms. The van der Waals surface area contributed by atoms with Gasteiger partial charge in [-0.3, -0.25) is 10.5 Å². The number of nitrogens with two attached hydrogens (primary N) is 1. The Morgan fingerprint density at radius 2 is 2.35 bits per heavy atom. The minimum Gasteiger partial charge on any atom is -0.388 e. The van der Waals surface area contributed by atoms with Crippen molar-refractivity contribution >= 4 is 15.9 Å². The lowest BCUT2D eigenvalue weighted by Crippen LogP contribution is -2.36. The highest BCUT2D eigenvalue weighted by atomic mass is 32.2. The van der Waals surface area contributed by atoms with Gasteiger partial charge in [-0.25, -0.2) is 8.42 Å². The monoisotopic (exact) mass is 257 g/mol. The molecule has 2 rings (SSSR count). The zero-order valence-electron chi connectivity index (χ0n) is 9.26. The molecule has 94 valence electrons. The molecule has 8 heteroatoms. The molecule has 0 unspecified atom stereocenters. The third-order valence-corrected chi connectivity index (χ3v) is 4.50. The van der Waals surface area contributed by atoms with E-state index < -0.39 is 10.0 Å². The molecule has 1 aromatic heterocycles. The quantitative estimate of drug-likeness (QED) is 0.487. The summed E-state index contributed by atoms with van der Waals surface area (Å²) < 4.78 is 25.9. The topological polar surface area (TPSA) is 116 Å². The molecule has 0 spiro atoms. The number of aromatic nitrogens is 2. The normalized spacial score (nSPS) is 16.3. The molecule has 0 aliphatic heterocycles. The van der Waals surface area contributed by atoms with Gasteiger partial charge in [0, 0.05) is 19.0 Å². The highest BCUT2D eigenvalue weighted by Crippen LogP contribution is 2.31. The van der Waals surface area contributed by atoms with E-state index in [-0.39, 0.29) is 29.9 Å². The van der Waals surface area contributed by atoms with E-state index in [1.54, 1.807) is 0 Å². The number of aromatic amines is 1. The van der Waals surface area contributed by atoms with Crippen molar-refractivity contribution in [2.45, 2.75) is 30.3 Å². The predicted molar refractivity (Wildman–Crippen MR) is 62.0 cm³/mol. The fourth-order valence-electron chi connectivity index (χ4n) is 1.61. The summed E-state index contributed by atoms with van der Waals surface area (Å²) >= 11 is 0.